The number of halogens is 4. The van der Waals surface area contributed by atoms with Gasteiger partial charge in [-0.15, -0.1) is 13.2 Å². The van der Waals surface area contributed by atoms with Crippen molar-refractivity contribution in [3.8, 4) is 5.75 Å². The van der Waals surface area contributed by atoms with E-state index in [1.807, 2.05) is 0 Å². The van der Waals surface area contributed by atoms with Crippen molar-refractivity contribution in [2.45, 2.75) is 31.2 Å². The summed E-state index contributed by atoms with van der Waals surface area (Å²) in [6.07, 6.45) is -5.03. The first-order chi connectivity index (χ1) is 13.2. The van der Waals surface area contributed by atoms with Crippen molar-refractivity contribution in [2.75, 3.05) is 13.7 Å². The summed E-state index contributed by atoms with van der Waals surface area (Å²) in [5, 5.41) is 2.17. The van der Waals surface area contributed by atoms with Crippen LogP contribution in [0.25, 0.3) is 0 Å². The number of carbonyl (C=O) groups is 1. The quantitative estimate of drug-likeness (QED) is 0.789. The highest BCUT2D eigenvalue weighted by Gasteiger charge is 2.37. The van der Waals surface area contributed by atoms with Crippen LogP contribution in [0.3, 0.4) is 0 Å². The first kappa shape index (κ1) is 19.8. The predicted molar refractivity (Wildman–Crippen MR) is 86.2 cm³/mol. The largest absolute Gasteiger partial charge is 0.573 e. The van der Waals surface area contributed by atoms with Crippen LogP contribution in [0.4, 0.5) is 22.4 Å². The summed E-state index contributed by atoms with van der Waals surface area (Å²) in [5.74, 6) is -1.61. The Labute approximate surface area is 155 Å². The minimum atomic E-state index is -4.95. The minimum Gasteiger partial charge on any atom is -0.453 e. The third-order valence-electron chi connectivity index (χ3n) is 4.52. The number of likely N-dealkylation sites (tertiary alicyclic amines) is 1. The molecule has 1 fully saturated rings. The van der Waals surface area contributed by atoms with Gasteiger partial charge in [0.1, 0.15) is 17.3 Å². The van der Waals surface area contributed by atoms with Gasteiger partial charge in [-0.3, -0.25) is 4.79 Å². The molecule has 0 bridgehead atoms. The number of alkyl halides is 3. The lowest BCUT2D eigenvalue weighted by Gasteiger charge is -2.38. The first-order valence-electron chi connectivity index (χ1n) is 8.26. The first-order valence-corrected chi connectivity index (χ1v) is 8.26. The van der Waals surface area contributed by atoms with Crippen molar-refractivity contribution in [1.82, 2.24) is 10.1 Å². The normalized spacial score (nSPS) is 20.1. The van der Waals surface area contributed by atoms with Crippen LogP contribution in [0, 0.1) is 5.82 Å². The van der Waals surface area contributed by atoms with E-state index < -0.39 is 35.6 Å². The summed E-state index contributed by atoms with van der Waals surface area (Å²) in [5.41, 5.74) is -0.427. The number of benzene rings is 1. The fourth-order valence-corrected chi connectivity index (χ4v) is 3.33. The Hall–Kier alpha value is -2.98. The number of aromatic amines is 1. The Morgan fingerprint density at radius 3 is 2.64 bits per heavy atom. The summed E-state index contributed by atoms with van der Waals surface area (Å²) in [6.45, 7) is 0.178. The second-order valence-corrected chi connectivity index (χ2v) is 6.25. The highest BCUT2D eigenvalue weighted by atomic mass is 19.4. The molecule has 1 amide bonds. The molecule has 11 heteroatoms. The van der Waals surface area contributed by atoms with Crippen molar-refractivity contribution in [3.63, 3.8) is 0 Å². The molecule has 0 spiro atoms. The van der Waals surface area contributed by atoms with E-state index in [1.165, 1.54) is 18.1 Å². The number of methoxy groups -OCH3 is 1. The Morgan fingerprint density at radius 1 is 1.32 bits per heavy atom. The van der Waals surface area contributed by atoms with Crippen molar-refractivity contribution in [3.05, 3.63) is 51.8 Å². The van der Waals surface area contributed by atoms with E-state index in [0.717, 1.165) is 12.1 Å². The molecular formula is C17H16F4N2O5. The lowest BCUT2D eigenvalue weighted by molar-refractivity contribution is -0.274. The number of H-pyrrole nitrogens is 1. The van der Waals surface area contributed by atoms with Crippen LogP contribution in [0.2, 0.25) is 0 Å². The molecule has 1 aromatic carbocycles. The summed E-state index contributed by atoms with van der Waals surface area (Å²) in [6, 6.07) is 3.16. The van der Waals surface area contributed by atoms with E-state index in [4.69, 9.17) is 9.26 Å². The van der Waals surface area contributed by atoms with E-state index >= 15 is 0 Å². The molecule has 2 atom stereocenters. The zero-order valence-electron chi connectivity index (χ0n) is 14.6. The predicted octanol–water partition coefficient (Wildman–Crippen LogP) is 3.69. The van der Waals surface area contributed by atoms with Crippen LogP contribution in [-0.4, -0.2) is 36.2 Å². The summed E-state index contributed by atoms with van der Waals surface area (Å²) >= 11 is 0. The van der Waals surface area contributed by atoms with Crippen molar-refractivity contribution in [2.24, 2.45) is 0 Å². The standard InChI is InChI=1S/C17H16F4N2O5/c1-26-16(25)23-5-4-9(14-8-15(24)22-28-14)6-13(23)11-3-2-10(7-12(11)18)27-17(19,20)21/h2-3,7-9,13H,4-6H2,1H3,(H,22,24)/t9-,13-/m0/s1. The number of aromatic nitrogens is 1. The third-order valence-corrected chi connectivity index (χ3v) is 4.52. The number of nitrogens with one attached hydrogen (secondary N) is 1. The van der Waals surface area contributed by atoms with E-state index in [0.29, 0.717) is 18.2 Å². The molecule has 0 radical (unpaired) electrons. The number of carbonyl (C=O) groups excluding carboxylic acids is 1. The number of hydrogen-bond acceptors (Lipinski definition) is 5. The molecule has 0 aliphatic carbocycles. The highest BCUT2D eigenvalue weighted by Crippen LogP contribution is 2.41. The van der Waals surface area contributed by atoms with E-state index in [2.05, 4.69) is 9.89 Å². The van der Waals surface area contributed by atoms with Gasteiger partial charge in [0.15, 0.2) is 0 Å². The Kier molecular flexibility index (Phi) is 5.34. The average molecular weight is 404 g/mol. The second-order valence-electron chi connectivity index (χ2n) is 6.25. The molecule has 1 aromatic heterocycles. The van der Waals surface area contributed by atoms with E-state index in [-0.39, 0.29) is 24.4 Å². The van der Waals surface area contributed by atoms with Crippen LogP contribution in [0.15, 0.2) is 33.6 Å². The highest BCUT2D eigenvalue weighted by molar-refractivity contribution is 5.68. The zero-order chi connectivity index (χ0) is 20.5. The maximum absolute atomic E-state index is 14.6. The van der Waals surface area contributed by atoms with Gasteiger partial charge in [0, 0.05) is 30.2 Å². The number of piperidine rings is 1. The number of nitrogens with zero attached hydrogens (tertiary/aromatic N) is 1. The van der Waals surface area contributed by atoms with E-state index in [1.54, 1.807) is 0 Å². The number of amides is 1. The molecule has 1 saturated heterocycles. The molecule has 3 rings (SSSR count). The maximum atomic E-state index is 14.6. The van der Waals surface area contributed by atoms with Crippen LogP contribution >= 0.6 is 0 Å². The summed E-state index contributed by atoms with van der Waals surface area (Å²) in [4.78, 5) is 24.7. The van der Waals surface area contributed by atoms with Gasteiger partial charge in [0.05, 0.1) is 13.2 Å². The Morgan fingerprint density at radius 2 is 2.07 bits per heavy atom. The van der Waals surface area contributed by atoms with Gasteiger partial charge < -0.3 is 18.9 Å². The van der Waals surface area contributed by atoms with Crippen LogP contribution in [0.1, 0.15) is 36.1 Å². The van der Waals surface area contributed by atoms with Crippen molar-refractivity contribution < 1.29 is 36.4 Å². The molecule has 2 heterocycles. The molecule has 152 valence electrons. The number of hydrogen-bond donors (Lipinski definition) is 1. The Bertz CT molecular complexity index is 907. The van der Waals surface area contributed by atoms with Gasteiger partial charge in [-0.05, 0) is 18.9 Å². The monoisotopic (exact) mass is 404 g/mol. The molecule has 1 aliphatic heterocycles. The van der Waals surface area contributed by atoms with Crippen LogP contribution in [0.5, 0.6) is 5.75 Å². The smallest absolute Gasteiger partial charge is 0.453 e. The molecule has 0 unspecified atom stereocenters. The van der Waals surface area contributed by atoms with Gasteiger partial charge in [-0.25, -0.2) is 9.18 Å². The minimum absolute atomic E-state index is 0.00232. The summed E-state index contributed by atoms with van der Waals surface area (Å²) < 4.78 is 65.1. The van der Waals surface area contributed by atoms with Gasteiger partial charge in [0.25, 0.3) is 5.56 Å². The van der Waals surface area contributed by atoms with Gasteiger partial charge >= 0.3 is 12.5 Å². The molecule has 0 saturated carbocycles. The molecular weight excluding hydrogens is 388 g/mol. The van der Waals surface area contributed by atoms with E-state index in [9.17, 15) is 27.2 Å². The van der Waals surface area contributed by atoms with Gasteiger partial charge in [-0.1, -0.05) is 6.07 Å². The molecule has 28 heavy (non-hydrogen) atoms. The topological polar surface area (TPSA) is 84.8 Å². The second kappa shape index (κ2) is 7.56. The average Bonchev–Trinajstić information content (AvgIpc) is 3.06. The molecule has 7 nitrogen and oxygen atoms in total. The van der Waals surface area contributed by atoms with Crippen molar-refractivity contribution >= 4 is 6.09 Å². The van der Waals surface area contributed by atoms with Crippen molar-refractivity contribution in [1.29, 1.82) is 0 Å². The third kappa shape index (κ3) is 4.29. The maximum Gasteiger partial charge on any atom is 0.573 e. The fourth-order valence-electron chi connectivity index (χ4n) is 3.33. The molecule has 1 aliphatic rings. The SMILES string of the molecule is COC(=O)N1CC[C@H](c2cc(=O)[nH]o2)C[C@H]1c1ccc(OC(F)(F)F)cc1F. The van der Waals surface area contributed by atoms with Gasteiger partial charge in [-0.2, -0.15) is 5.16 Å². The van der Waals surface area contributed by atoms with Crippen LogP contribution < -0.4 is 10.3 Å². The number of ether oxygens (including phenoxy) is 2. The summed E-state index contributed by atoms with van der Waals surface area (Å²) in [7, 11) is 1.17. The zero-order valence-corrected chi connectivity index (χ0v) is 14.6. The number of rotatable bonds is 3. The fraction of sp³-hybridized carbons (Fsp3) is 0.412. The molecule has 2 aromatic rings. The lowest BCUT2D eigenvalue weighted by Crippen LogP contribution is -2.40. The molecule has 1 N–H and O–H groups in total. The van der Waals surface area contributed by atoms with Gasteiger partial charge in [0.2, 0.25) is 0 Å². The van der Waals surface area contributed by atoms with Crippen LogP contribution in [-0.2, 0) is 4.74 Å². The lowest BCUT2D eigenvalue weighted by atomic mass is 9.85. The Balaban J connectivity index is 1.91.